The number of thiophene rings is 1. The van der Waals surface area contributed by atoms with Crippen LogP contribution in [-0.4, -0.2) is 37.9 Å². The topological polar surface area (TPSA) is 49.8 Å². The van der Waals surface area contributed by atoms with E-state index in [1.807, 2.05) is 24.1 Å². The molecule has 96 valence electrons. The molecule has 0 bridgehead atoms. The number of hydrogen-bond acceptors (Lipinski definition) is 5. The second kappa shape index (κ2) is 6.98. The summed E-state index contributed by atoms with van der Waals surface area (Å²) < 4.78 is 5.58. The molecule has 6 heteroatoms. The predicted octanol–water partition coefficient (Wildman–Crippen LogP) is 2.26. The van der Waals surface area contributed by atoms with E-state index in [1.54, 1.807) is 11.3 Å². The monoisotopic (exact) mass is 321 g/mol. The molecule has 1 aromatic rings. The lowest BCUT2D eigenvalue weighted by Crippen LogP contribution is -2.28. The number of likely N-dealkylation sites (N-methyl/N-ethyl adjacent to an activating group) is 1. The number of carbonyl (C=O) groups is 1. The van der Waals surface area contributed by atoms with E-state index in [0.717, 1.165) is 8.79 Å². The van der Waals surface area contributed by atoms with Crippen LogP contribution in [0.1, 0.15) is 12.8 Å². The molecule has 1 aromatic heterocycles. The van der Waals surface area contributed by atoms with Gasteiger partial charge in [-0.2, -0.15) is 0 Å². The molecule has 17 heavy (non-hydrogen) atoms. The molecule has 1 atom stereocenters. The number of nitrogens with zero attached hydrogens (tertiary/aromatic N) is 1. The zero-order valence-electron chi connectivity index (χ0n) is 9.85. The first-order chi connectivity index (χ1) is 8.02. The van der Waals surface area contributed by atoms with Gasteiger partial charge in [-0.05, 0) is 34.5 Å². The third kappa shape index (κ3) is 5.06. The summed E-state index contributed by atoms with van der Waals surface area (Å²) >= 11 is 5.00. The third-order valence-corrected chi connectivity index (χ3v) is 4.07. The van der Waals surface area contributed by atoms with Crippen LogP contribution < -0.4 is 4.90 Å². The van der Waals surface area contributed by atoms with Crippen LogP contribution in [0.4, 0.5) is 5.00 Å². The maximum atomic E-state index is 10.9. The number of esters is 1. The lowest BCUT2D eigenvalue weighted by molar-refractivity contribution is -0.141. The Morgan fingerprint density at radius 1 is 1.65 bits per heavy atom. The van der Waals surface area contributed by atoms with Crippen LogP contribution in [0.25, 0.3) is 0 Å². The quantitative estimate of drug-likeness (QED) is 0.816. The number of rotatable bonds is 6. The van der Waals surface area contributed by atoms with Gasteiger partial charge < -0.3 is 14.7 Å². The minimum atomic E-state index is -0.528. The second-order valence-electron chi connectivity index (χ2n) is 3.73. The lowest BCUT2D eigenvalue weighted by atomic mass is 10.2. The summed E-state index contributed by atoms with van der Waals surface area (Å²) in [5.41, 5.74) is 0. The molecule has 0 aliphatic carbocycles. The van der Waals surface area contributed by atoms with Gasteiger partial charge in [0.25, 0.3) is 0 Å². The highest BCUT2D eigenvalue weighted by Crippen LogP contribution is 2.29. The Morgan fingerprint density at radius 3 is 2.88 bits per heavy atom. The van der Waals surface area contributed by atoms with Crippen LogP contribution in [0.5, 0.6) is 0 Å². The Hall–Kier alpha value is -0.590. The highest BCUT2D eigenvalue weighted by atomic mass is 79.9. The summed E-state index contributed by atoms with van der Waals surface area (Å²) in [6.45, 7) is 0.504. The van der Waals surface area contributed by atoms with Crippen molar-refractivity contribution < 1.29 is 14.6 Å². The van der Waals surface area contributed by atoms with E-state index < -0.39 is 6.10 Å². The minimum absolute atomic E-state index is 0.250. The van der Waals surface area contributed by atoms with E-state index in [4.69, 9.17) is 0 Å². The first kappa shape index (κ1) is 14.5. The third-order valence-electron chi connectivity index (χ3n) is 2.33. The molecule has 0 saturated carbocycles. The van der Waals surface area contributed by atoms with Crippen molar-refractivity contribution in [3.63, 3.8) is 0 Å². The van der Waals surface area contributed by atoms with Gasteiger partial charge in [-0.15, -0.1) is 11.3 Å². The number of halogens is 1. The van der Waals surface area contributed by atoms with Gasteiger partial charge in [0, 0.05) is 20.0 Å². The van der Waals surface area contributed by atoms with Gasteiger partial charge in [0.15, 0.2) is 0 Å². The van der Waals surface area contributed by atoms with Crippen LogP contribution in [0.3, 0.4) is 0 Å². The second-order valence-corrected chi connectivity index (χ2v) is 6.17. The Balaban J connectivity index is 2.35. The molecular formula is C11H16BrNO3S. The van der Waals surface area contributed by atoms with Crippen molar-refractivity contribution in [2.75, 3.05) is 25.6 Å². The van der Waals surface area contributed by atoms with E-state index in [-0.39, 0.29) is 12.4 Å². The first-order valence-corrected chi connectivity index (χ1v) is 6.85. The average molecular weight is 322 g/mol. The van der Waals surface area contributed by atoms with Crippen molar-refractivity contribution in [3.05, 3.63) is 15.9 Å². The fraction of sp³-hybridized carbons (Fsp3) is 0.545. The highest BCUT2D eigenvalue weighted by Gasteiger charge is 2.12. The Labute approximate surface area is 113 Å². The predicted molar refractivity (Wildman–Crippen MR) is 72.5 cm³/mol. The van der Waals surface area contributed by atoms with Gasteiger partial charge >= 0.3 is 5.97 Å². The van der Waals surface area contributed by atoms with Gasteiger partial charge in [-0.3, -0.25) is 4.79 Å². The van der Waals surface area contributed by atoms with Gasteiger partial charge in [0.05, 0.1) is 22.0 Å². The SMILES string of the molecule is COC(=O)CCC(O)CN(C)c1ccc(Br)s1. The Morgan fingerprint density at radius 2 is 2.35 bits per heavy atom. The summed E-state index contributed by atoms with van der Waals surface area (Å²) in [6, 6.07) is 3.96. The molecule has 0 aliphatic heterocycles. The number of methoxy groups -OCH3 is 1. The van der Waals surface area contributed by atoms with Gasteiger partial charge in [-0.25, -0.2) is 0 Å². The summed E-state index contributed by atoms with van der Waals surface area (Å²) in [7, 11) is 3.27. The van der Waals surface area contributed by atoms with Gasteiger partial charge in [0.2, 0.25) is 0 Å². The molecule has 0 amide bonds. The zero-order valence-corrected chi connectivity index (χ0v) is 12.3. The van der Waals surface area contributed by atoms with Crippen molar-refractivity contribution in [1.82, 2.24) is 0 Å². The van der Waals surface area contributed by atoms with E-state index in [0.29, 0.717) is 13.0 Å². The number of aliphatic hydroxyl groups excluding tert-OH is 1. The summed E-state index contributed by atoms with van der Waals surface area (Å²) in [5.74, 6) is -0.287. The maximum absolute atomic E-state index is 10.9. The van der Waals surface area contributed by atoms with Crippen LogP contribution in [0.15, 0.2) is 15.9 Å². The van der Waals surface area contributed by atoms with Gasteiger partial charge in [-0.1, -0.05) is 0 Å². The number of ether oxygens (including phenoxy) is 1. The number of aliphatic hydroxyl groups is 1. The van der Waals surface area contributed by atoms with Gasteiger partial charge in [0.1, 0.15) is 0 Å². The molecule has 0 spiro atoms. The molecular weight excluding hydrogens is 306 g/mol. The molecule has 1 unspecified atom stereocenters. The summed E-state index contributed by atoms with van der Waals surface area (Å²) in [4.78, 5) is 12.9. The molecule has 0 aliphatic rings. The van der Waals surface area contributed by atoms with Crippen LogP contribution >= 0.6 is 27.3 Å². The molecule has 0 aromatic carbocycles. The molecule has 1 rings (SSSR count). The number of anilines is 1. The molecule has 4 nitrogen and oxygen atoms in total. The van der Waals surface area contributed by atoms with Crippen molar-refractivity contribution in [2.45, 2.75) is 18.9 Å². The summed E-state index contributed by atoms with van der Waals surface area (Å²) in [5, 5.41) is 10.9. The standard InChI is InChI=1S/C11H16BrNO3S/c1-13(10-5-4-9(12)17-10)7-8(14)3-6-11(15)16-2/h4-5,8,14H,3,6-7H2,1-2H3. The summed E-state index contributed by atoms with van der Waals surface area (Å²) in [6.07, 6.45) is 0.142. The average Bonchev–Trinajstić information content (AvgIpc) is 2.72. The van der Waals surface area contributed by atoms with E-state index in [9.17, 15) is 9.90 Å². The van der Waals surface area contributed by atoms with Crippen LogP contribution in [-0.2, 0) is 9.53 Å². The largest absolute Gasteiger partial charge is 0.469 e. The molecule has 0 fully saturated rings. The maximum Gasteiger partial charge on any atom is 0.305 e. The van der Waals surface area contributed by atoms with Crippen molar-refractivity contribution in [3.8, 4) is 0 Å². The smallest absolute Gasteiger partial charge is 0.305 e. The first-order valence-electron chi connectivity index (χ1n) is 5.24. The van der Waals surface area contributed by atoms with E-state index >= 15 is 0 Å². The van der Waals surface area contributed by atoms with E-state index in [2.05, 4.69) is 20.7 Å². The fourth-order valence-electron chi connectivity index (χ4n) is 1.39. The van der Waals surface area contributed by atoms with Crippen molar-refractivity contribution in [1.29, 1.82) is 0 Å². The molecule has 0 radical (unpaired) electrons. The van der Waals surface area contributed by atoms with Crippen LogP contribution in [0.2, 0.25) is 0 Å². The highest BCUT2D eigenvalue weighted by molar-refractivity contribution is 9.11. The zero-order chi connectivity index (χ0) is 12.8. The normalized spacial score (nSPS) is 12.2. The Kier molecular flexibility index (Phi) is 5.94. The van der Waals surface area contributed by atoms with Crippen LogP contribution in [0, 0.1) is 0 Å². The fourth-order valence-corrected chi connectivity index (χ4v) is 2.73. The Bertz CT molecular complexity index is 369. The molecule has 1 heterocycles. The molecule has 0 saturated heterocycles. The number of carbonyl (C=O) groups excluding carboxylic acids is 1. The van der Waals surface area contributed by atoms with Crippen molar-refractivity contribution >= 4 is 38.2 Å². The van der Waals surface area contributed by atoms with E-state index in [1.165, 1.54) is 7.11 Å². The minimum Gasteiger partial charge on any atom is -0.469 e. The number of hydrogen-bond donors (Lipinski definition) is 1. The lowest BCUT2D eigenvalue weighted by Gasteiger charge is -2.20. The van der Waals surface area contributed by atoms with Crippen molar-refractivity contribution in [2.24, 2.45) is 0 Å². The molecule has 1 N–H and O–H groups in total.